The molecule has 0 radical (unpaired) electrons. The Kier molecular flexibility index (Phi) is 5.92. The first-order valence-electron chi connectivity index (χ1n) is 8.94. The van der Waals surface area contributed by atoms with Crippen LogP contribution in [0.2, 0.25) is 0 Å². The number of carbonyl (C=O) groups is 1. The molecule has 0 bridgehead atoms. The SMILES string of the molecule is Cc1ccc(/C=C/NC(=O)Nc2ccc(N3CCN(C)CC3)cc2)cc1. The van der Waals surface area contributed by atoms with Crippen LogP contribution in [0.15, 0.2) is 54.7 Å². The highest BCUT2D eigenvalue weighted by Gasteiger charge is 2.14. The summed E-state index contributed by atoms with van der Waals surface area (Å²) in [5.41, 5.74) is 4.24. The molecule has 136 valence electrons. The van der Waals surface area contributed by atoms with Crippen molar-refractivity contribution in [3.8, 4) is 0 Å². The fraction of sp³-hybridized carbons (Fsp3) is 0.286. The molecule has 0 spiro atoms. The number of hydrogen-bond donors (Lipinski definition) is 2. The summed E-state index contributed by atoms with van der Waals surface area (Å²) in [5, 5.41) is 5.58. The van der Waals surface area contributed by atoms with Crippen LogP contribution >= 0.6 is 0 Å². The molecule has 2 aromatic carbocycles. The lowest BCUT2D eigenvalue weighted by molar-refractivity contribution is 0.255. The van der Waals surface area contributed by atoms with Crippen LogP contribution in [0.25, 0.3) is 6.08 Å². The van der Waals surface area contributed by atoms with Crippen molar-refractivity contribution in [1.82, 2.24) is 10.2 Å². The predicted octanol–water partition coefficient (Wildman–Crippen LogP) is 3.54. The van der Waals surface area contributed by atoms with Crippen molar-refractivity contribution in [1.29, 1.82) is 0 Å². The van der Waals surface area contributed by atoms with E-state index in [2.05, 4.69) is 39.6 Å². The molecule has 1 aliphatic rings. The normalized spacial score (nSPS) is 15.2. The molecule has 5 heteroatoms. The van der Waals surface area contributed by atoms with E-state index in [1.54, 1.807) is 6.20 Å². The zero-order chi connectivity index (χ0) is 18.4. The van der Waals surface area contributed by atoms with E-state index in [0.29, 0.717) is 0 Å². The summed E-state index contributed by atoms with van der Waals surface area (Å²) in [6.45, 7) is 6.28. The van der Waals surface area contributed by atoms with Gasteiger partial charge in [-0.1, -0.05) is 29.8 Å². The van der Waals surface area contributed by atoms with Gasteiger partial charge in [-0.2, -0.15) is 0 Å². The Morgan fingerprint density at radius 3 is 2.27 bits per heavy atom. The number of hydrogen-bond acceptors (Lipinski definition) is 3. The number of likely N-dealkylation sites (N-methyl/N-ethyl adjacent to an activating group) is 1. The Balaban J connectivity index is 1.49. The van der Waals surface area contributed by atoms with E-state index in [0.717, 1.165) is 37.4 Å². The number of carbonyl (C=O) groups excluding carboxylic acids is 1. The minimum atomic E-state index is -0.249. The van der Waals surface area contributed by atoms with Crippen LogP contribution < -0.4 is 15.5 Å². The van der Waals surface area contributed by atoms with Crippen LogP contribution in [-0.4, -0.2) is 44.2 Å². The maximum Gasteiger partial charge on any atom is 0.323 e. The lowest BCUT2D eigenvalue weighted by Gasteiger charge is -2.34. The maximum absolute atomic E-state index is 12.0. The second-order valence-corrected chi connectivity index (χ2v) is 6.68. The van der Waals surface area contributed by atoms with Gasteiger partial charge in [0, 0.05) is 43.8 Å². The Bertz CT molecular complexity index is 745. The second-order valence-electron chi connectivity index (χ2n) is 6.68. The van der Waals surface area contributed by atoms with Crippen LogP contribution in [0.1, 0.15) is 11.1 Å². The maximum atomic E-state index is 12.0. The van der Waals surface area contributed by atoms with Gasteiger partial charge in [0.1, 0.15) is 0 Å². The van der Waals surface area contributed by atoms with Gasteiger partial charge in [0.05, 0.1) is 0 Å². The minimum absolute atomic E-state index is 0.249. The van der Waals surface area contributed by atoms with E-state index in [9.17, 15) is 4.79 Å². The number of nitrogens with one attached hydrogen (secondary N) is 2. The van der Waals surface area contributed by atoms with Crippen LogP contribution in [0.5, 0.6) is 0 Å². The molecule has 3 rings (SSSR count). The van der Waals surface area contributed by atoms with E-state index in [1.807, 2.05) is 49.4 Å². The highest BCUT2D eigenvalue weighted by Crippen LogP contribution is 2.19. The van der Waals surface area contributed by atoms with Crippen molar-refractivity contribution in [2.45, 2.75) is 6.92 Å². The van der Waals surface area contributed by atoms with Crippen molar-refractivity contribution >= 4 is 23.5 Å². The molecule has 5 nitrogen and oxygen atoms in total. The summed E-state index contributed by atoms with van der Waals surface area (Å²) >= 11 is 0. The van der Waals surface area contributed by atoms with Gasteiger partial charge in [-0.05, 0) is 49.9 Å². The number of aryl methyl sites for hydroxylation is 1. The number of amides is 2. The third-order valence-electron chi connectivity index (χ3n) is 4.56. The average molecular weight is 350 g/mol. The first-order valence-corrected chi connectivity index (χ1v) is 8.94. The van der Waals surface area contributed by atoms with Crippen LogP contribution in [-0.2, 0) is 0 Å². The van der Waals surface area contributed by atoms with Crippen molar-refractivity contribution in [2.24, 2.45) is 0 Å². The zero-order valence-electron chi connectivity index (χ0n) is 15.4. The highest BCUT2D eigenvalue weighted by atomic mass is 16.2. The Morgan fingerprint density at radius 2 is 1.62 bits per heavy atom. The van der Waals surface area contributed by atoms with Gasteiger partial charge in [-0.3, -0.25) is 0 Å². The first kappa shape index (κ1) is 18.0. The fourth-order valence-corrected chi connectivity index (χ4v) is 2.88. The third-order valence-corrected chi connectivity index (χ3v) is 4.56. The molecule has 1 saturated heterocycles. The van der Waals surface area contributed by atoms with E-state index < -0.39 is 0 Å². The summed E-state index contributed by atoms with van der Waals surface area (Å²) in [5.74, 6) is 0. The molecule has 2 amide bonds. The van der Waals surface area contributed by atoms with Gasteiger partial charge in [0.15, 0.2) is 0 Å². The molecule has 0 atom stereocenters. The molecule has 0 aliphatic carbocycles. The van der Waals surface area contributed by atoms with Crippen molar-refractivity contribution in [2.75, 3.05) is 43.4 Å². The van der Waals surface area contributed by atoms with E-state index in [1.165, 1.54) is 11.3 Å². The summed E-state index contributed by atoms with van der Waals surface area (Å²) < 4.78 is 0. The second kappa shape index (κ2) is 8.54. The molecular formula is C21H26N4O. The standard InChI is InChI=1S/C21H26N4O/c1-17-3-5-18(6-4-17)11-12-22-21(26)23-19-7-9-20(10-8-19)25-15-13-24(2)14-16-25/h3-12H,13-16H2,1-2H3,(H2,22,23,26)/b12-11+. The molecular weight excluding hydrogens is 324 g/mol. The molecule has 0 unspecified atom stereocenters. The van der Waals surface area contributed by atoms with Crippen molar-refractivity contribution in [3.05, 3.63) is 65.9 Å². The summed E-state index contributed by atoms with van der Waals surface area (Å²) in [6, 6.07) is 15.9. The summed E-state index contributed by atoms with van der Waals surface area (Å²) in [6.07, 6.45) is 3.52. The zero-order valence-corrected chi connectivity index (χ0v) is 15.4. The fourth-order valence-electron chi connectivity index (χ4n) is 2.88. The number of urea groups is 1. The molecule has 2 aromatic rings. The number of nitrogens with zero attached hydrogens (tertiary/aromatic N) is 2. The molecule has 1 fully saturated rings. The molecule has 2 N–H and O–H groups in total. The number of benzene rings is 2. The van der Waals surface area contributed by atoms with Crippen LogP contribution in [0.4, 0.5) is 16.2 Å². The van der Waals surface area contributed by atoms with Gasteiger partial charge >= 0.3 is 6.03 Å². The Labute approximate surface area is 155 Å². The van der Waals surface area contributed by atoms with E-state index in [4.69, 9.17) is 0 Å². The van der Waals surface area contributed by atoms with Gasteiger partial charge < -0.3 is 20.4 Å². The predicted molar refractivity (Wildman–Crippen MR) is 109 cm³/mol. The van der Waals surface area contributed by atoms with Gasteiger partial charge in [0.25, 0.3) is 0 Å². The van der Waals surface area contributed by atoms with Crippen LogP contribution in [0.3, 0.4) is 0 Å². The number of anilines is 2. The Morgan fingerprint density at radius 1 is 0.962 bits per heavy atom. The lowest BCUT2D eigenvalue weighted by atomic mass is 10.1. The smallest absolute Gasteiger partial charge is 0.323 e. The summed E-state index contributed by atoms with van der Waals surface area (Å²) in [4.78, 5) is 16.7. The number of rotatable bonds is 4. The molecule has 1 heterocycles. The summed E-state index contributed by atoms with van der Waals surface area (Å²) in [7, 11) is 2.15. The van der Waals surface area contributed by atoms with E-state index in [-0.39, 0.29) is 6.03 Å². The topological polar surface area (TPSA) is 47.6 Å². The largest absolute Gasteiger partial charge is 0.369 e. The molecule has 1 aliphatic heterocycles. The Hall–Kier alpha value is -2.79. The molecule has 0 saturated carbocycles. The minimum Gasteiger partial charge on any atom is -0.369 e. The van der Waals surface area contributed by atoms with E-state index >= 15 is 0 Å². The van der Waals surface area contributed by atoms with Crippen LogP contribution in [0, 0.1) is 6.92 Å². The highest BCUT2D eigenvalue weighted by molar-refractivity contribution is 5.90. The molecule has 0 aromatic heterocycles. The van der Waals surface area contributed by atoms with Gasteiger partial charge in [-0.15, -0.1) is 0 Å². The third kappa shape index (κ3) is 5.10. The van der Waals surface area contributed by atoms with Gasteiger partial charge in [-0.25, -0.2) is 4.79 Å². The average Bonchev–Trinajstić information content (AvgIpc) is 2.65. The molecule has 26 heavy (non-hydrogen) atoms. The van der Waals surface area contributed by atoms with Gasteiger partial charge in [0.2, 0.25) is 0 Å². The monoisotopic (exact) mass is 350 g/mol. The van der Waals surface area contributed by atoms with Crippen molar-refractivity contribution in [3.63, 3.8) is 0 Å². The number of piperazine rings is 1. The first-order chi connectivity index (χ1) is 12.6. The quantitative estimate of drug-likeness (QED) is 0.887. The lowest BCUT2D eigenvalue weighted by Crippen LogP contribution is -2.44. The van der Waals surface area contributed by atoms with Crippen molar-refractivity contribution < 1.29 is 4.79 Å².